The van der Waals surface area contributed by atoms with E-state index in [2.05, 4.69) is 22.8 Å². The van der Waals surface area contributed by atoms with Crippen molar-refractivity contribution in [3.8, 4) is 11.3 Å². The van der Waals surface area contributed by atoms with E-state index in [0.29, 0.717) is 6.54 Å². The van der Waals surface area contributed by atoms with E-state index in [9.17, 15) is 14.3 Å². The van der Waals surface area contributed by atoms with Gasteiger partial charge in [-0.2, -0.15) is 0 Å². The summed E-state index contributed by atoms with van der Waals surface area (Å²) in [7, 11) is 0. The smallest absolute Gasteiger partial charge is 0.335 e. The number of aromatic nitrogens is 2. The Morgan fingerprint density at radius 2 is 1.50 bits per heavy atom. The van der Waals surface area contributed by atoms with Crippen LogP contribution < -0.4 is 0 Å². The summed E-state index contributed by atoms with van der Waals surface area (Å²) >= 11 is 0. The van der Waals surface area contributed by atoms with E-state index < -0.39 is 5.97 Å². The number of carbonyl (C=O) groups is 1. The number of hydrogen-bond donors (Lipinski definition) is 1. The fraction of sp³-hybridized carbons (Fsp3) is 0.0345. The number of halogens is 1. The van der Waals surface area contributed by atoms with E-state index in [1.165, 1.54) is 12.1 Å². The van der Waals surface area contributed by atoms with Gasteiger partial charge < -0.3 is 9.67 Å². The van der Waals surface area contributed by atoms with Gasteiger partial charge in [0.15, 0.2) is 0 Å². The highest BCUT2D eigenvalue weighted by Gasteiger charge is 2.19. The molecular formula is C29H19FN2O2. The first-order valence-corrected chi connectivity index (χ1v) is 11.0. The number of carboxylic acids is 1. The summed E-state index contributed by atoms with van der Waals surface area (Å²) in [5.41, 5.74) is 5.89. The third-order valence-electron chi connectivity index (χ3n) is 6.26. The van der Waals surface area contributed by atoms with Crippen molar-refractivity contribution in [2.75, 3.05) is 0 Å². The molecule has 164 valence electrons. The van der Waals surface area contributed by atoms with Crippen molar-refractivity contribution in [3.05, 3.63) is 114 Å². The van der Waals surface area contributed by atoms with Gasteiger partial charge in [-0.1, -0.05) is 48.5 Å². The van der Waals surface area contributed by atoms with Crippen molar-refractivity contribution in [3.63, 3.8) is 0 Å². The zero-order valence-electron chi connectivity index (χ0n) is 18.1. The van der Waals surface area contributed by atoms with E-state index in [4.69, 9.17) is 4.98 Å². The number of hydrogen-bond acceptors (Lipinski definition) is 2. The van der Waals surface area contributed by atoms with Gasteiger partial charge >= 0.3 is 5.97 Å². The van der Waals surface area contributed by atoms with Crippen molar-refractivity contribution in [1.82, 2.24) is 9.55 Å². The van der Waals surface area contributed by atoms with Gasteiger partial charge in [0.05, 0.1) is 22.3 Å². The number of rotatable bonds is 4. The second-order valence-electron chi connectivity index (χ2n) is 8.31. The number of aromatic carboxylic acids is 1. The van der Waals surface area contributed by atoms with Crippen LogP contribution in [0.25, 0.3) is 44.0 Å². The topological polar surface area (TPSA) is 55.1 Å². The van der Waals surface area contributed by atoms with Crippen LogP contribution in [0.3, 0.4) is 0 Å². The van der Waals surface area contributed by atoms with Crippen LogP contribution >= 0.6 is 0 Å². The SMILES string of the molecule is O=C(O)c1ccc(Cn2c3ccccc3c3c(-c4ccc(F)cc4)nc4ccccc4c32)cc1. The molecule has 6 aromatic rings. The van der Waals surface area contributed by atoms with E-state index >= 15 is 0 Å². The quantitative estimate of drug-likeness (QED) is 0.321. The minimum atomic E-state index is -0.940. The van der Waals surface area contributed by atoms with Crippen LogP contribution in [0.1, 0.15) is 15.9 Å². The first-order chi connectivity index (χ1) is 16.6. The van der Waals surface area contributed by atoms with Crippen LogP contribution in [0, 0.1) is 5.82 Å². The van der Waals surface area contributed by atoms with Crippen molar-refractivity contribution in [2.45, 2.75) is 6.54 Å². The maximum absolute atomic E-state index is 13.7. The Hall–Kier alpha value is -4.51. The van der Waals surface area contributed by atoms with Crippen molar-refractivity contribution in [2.24, 2.45) is 0 Å². The molecule has 34 heavy (non-hydrogen) atoms. The molecule has 0 aliphatic rings. The first kappa shape index (κ1) is 20.1. The first-order valence-electron chi connectivity index (χ1n) is 11.0. The molecule has 4 nitrogen and oxygen atoms in total. The molecule has 0 aliphatic heterocycles. The van der Waals surface area contributed by atoms with Crippen molar-refractivity contribution < 1.29 is 14.3 Å². The molecule has 0 bridgehead atoms. The molecule has 0 spiro atoms. The minimum Gasteiger partial charge on any atom is -0.478 e. The predicted molar refractivity (Wildman–Crippen MR) is 133 cm³/mol. The lowest BCUT2D eigenvalue weighted by molar-refractivity contribution is 0.0697. The fourth-order valence-corrected chi connectivity index (χ4v) is 4.69. The monoisotopic (exact) mass is 446 g/mol. The molecule has 0 aliphatic carbocycles. The average molecular weight is 446 g/mol. The number of benzene rings is 4. The summed E-state index contributed by atoms with van der Waals surface area (Å²) in [4.78, 5) is 16.3. The van der Waals surface area contributed by atoms with Crippen LogP contribution in [0.5, 0.6) is 0 Å². The van der Waals surface area contributed by atoms with E-state index in [-0.39, 0.29) is 11.4 Å². The Bertz CT molecular complexity index is 1700. The van der Waals surface area contributed by atoms with Gasteiger partial charge in [0.1, 0.15) is 5.82 Å². The average Bonchev–Trinajstić information content (AvgIpc) is 3.19. The second kappa shape index (κ2) is 7.81. The number of nitrogens with zero attached hydrogens (tertiary/aromatic N) is 2. The molecule has 2 heterocycles. The van der Waals surface area contributed by atoms with Gasteiger partial charge in [0.25, 0.3) is 0 Å². The molecule has 6 rings (SSSR count). The molecule has 1 N–H and O–H groups in total. The highest BCUT2D eigenvalue weighted by atomic mass is 19.1. The lowest BCUT2D eigenvalue weighted by Gasteiger charge is -2.12. The Morgan fingerprint density at radius 1 is 0.824 bits per heavy atom. The molecule has 0 saturated carbocycles. The molecule has 0 unspecified atom stereocenters. The lowest BCUT2D eigenvalue weighted by Crippen LogP contribution is -2.02. The fourth-order valence-electron chi connectivity index (χ4n) is 4.69. The van der Waals surface area contributed by atoms with Crippen LogP contribution in [0.2, 0.25) is 0 Å². The van der Waals surface area contributed by atoms with Gasteiger partial charge in [-0.15, -0.1) is 0 Å². The van der Waals surface area contributed by atoms with Crippen LogP contribution in [0.15, 0.2) is 97.1 Å². The summed E-state index contributed by atoms with van der Waals surface area (Å²) < 4.78 is 15.9. The Kier molecular flexibility index (Phi) is 4.62. The minimum absolute atomic E-state index is 0.263. The Morgan fingerprint density at radius 3 is 2.24 bits per heavy atom. The number of carboxylic acid groups (broad SMARTS) is 1. The largest absolute Gasteiger partial charge is 0.478 e. The van der Waals surface area contributed by atoms with Gasteiger partial charge in [0, 0.05) is 33.8 Å². The molecule has 0 radical (unpaired) electrons. The van der Waals surface area contributed by atoms with Gasteiger partial charge in [-0.05, 0) is 54.1 Å². The van der Waals surface area contributed by atoms with Crippen molar-refractivity contribution in [1.29, 1.82) is 0 Å². The molecule has 0 fully saturated rings. The van der Waals surface area contributed by atoms with Crippen LogP contribution in [0.4, 0.5) is 4.39 Å². The summed E-state index contributed by atoms with van der Waals surface area (Å²) in [6.45, 7) is 0.570. The number of para-hydroxylation sites is 2. The molecule has 0 atom stereocenters. The summed E-state index contributed by atoms with van der Waals surface area (Å²) in [5, 5.41) is 12.4. The van der Waals surface area contributed by atoms with Crippen molar-refractivity contribution >= 4 is 38.7 Å². The zero-order chi connectivity index (χ0) is 23.2. The number of fused-ring (bicyclic) bond motifs is 5. The maximum Gasteiger partial charge on any atom is 0.335 e. The summed E-state index contributed by atoms with van der Waals surface area (Å²) in [6.07, 6.45) is 0. The van der Waals surface area contributed by atoms with E-state index in [1.807, 2.05) is 42.5 Å². The molecule has 2 aromatic heterocycles. The Labute approximate surface area is 194 Å². The molecule has 4 aromatic carbocycles. The number of pyridine rings is 1. The van der Waals surface area contributed by atoms with Crippen LogP contribution in [-0.4, -0.2) is 20.6 Å². The van der Waals surface area contributed by atoms with Gasteiger partial charge in [-0.25, -0.2) is 14.2 Å². The third kappa shape index (κ3) is 3.21. The second-order valence-corrected chi connectivity index (χ2v) is 8.31. The van der Waals surface area contributed by atoms with Crippen LogP contribution in [-0.2, 0) is 6.54 Å². The third-order valence-corrected chi connectivity index (χ3v) is 6.26. The summed E-state index contributed by atoms with van der Waals surface area (Å²) in [6, 6.07) is 29.7. The molecule has 5 heteroatoms. The highest BCUT2D eigenvalue weighted by Crippen LogP contribution is 2.39. The van der Waals surface area contributed by atoms with E-state index in [1.54, 1.807) is 24.3 Å². The highest BCUT2D eigenvalue weighted by molar-refractivity contribution is 6.21. The molecule has 0 amide bonds. The van der Waals surface area contributed by atoms with E-state index in [0.717, 1.165) is 49.5 Å². The summed E-state index contributed by atoms with van der Waals surface area (Å²) in [5.74, 6) is -1.22. The standard InChI is InChI=1S/C29H19FN2O2/c30-21-15-13-19(14-16-21)27-26-23-6-2-4-8-25(23)32(17-18-9-11-20(12-10-18)29(33)34)28(26)22-5-1-3-7-24(22)31-27/h1-16H,17H2,(H,33,34). The lowest BCUT2D eigenvalue weighted by atomic mass is 10.0. The molecular weight excluding hydrogens is 427 g/mol. The van der Waals surface area contributed by atoms with Gasteiger partial charge in [0.2, 0.25) is 0 Å². The zero-order valence-corrected chi connectivity index (χ0v) is 18.1. The normalized spacial score (nSPS) is 11.4. The Balaban J connectivity index is 1.69. The predicted octanol–water partition coefficient (Wildman–Crippen LogP) is 6.90. The molecule has 0 saturated heterocycles. The van der Waals surface area contributed by atoms with Gasteiger partial charge in [-0.3, -0.25) is 0 Å². The maximum atomic E-state index is 13.7.